The van der Waals surface area contributed by atoms with Crippen molar-refractivity contribution in [3.63, 3.8) is 0 Å². The molecule has 166 valence electrons. The molecule has 1 unspecified atom stereocenters. The lowest BCUT2D eigenvalue weighted by molar-refractivity contribution is -0.137. The third-order valence-corrected chi connectivity index (χ3v) is 8.02. The fourth-order valence-corrected chi connectivity index (χ4v) is 5.88. The molecule has 2 fully saturated rings. The molecule has 0 bridgehead atoms. The number of benzene rings is 2. The lowest BCUT2D eigenvalue weighted by atomic mass is 9.97. The zero-order chi connectivity index (χ0) is 21.8. The lowest BCUT2D eigenvalue weighted by Crippen LogP contribution is -2.53. The Balaban J connectivity index is 1.36. The summed E-state index contributed by atoms with van der Waals surface area (Å²) in [5.74, 6) is 0.618. The van der Waals surface area contributed by atoms with Crippen molar-refractivity contribution in [2.24, 2.45) is 5.92 Å². The molecule has 0 saturated carbocycles. The highest BCUT2D eigenvalue weighted by Gasteiger charge is 2.35. The van der Waals surface area contributed by atoms with E-state index in [4.69, 9.17) is 4.74 Å². The van der Waals surface area contributed by atoms with Gasteiger partial charge in [0.15, 0.2) is 0 Å². The highest BCUT2D eigenvalue weighted by molar-refractivity contribution is 7.89. The van der Waals surface area contributed by atoms with Gasteiger partial charge in [-0.2, -0.15) is 4.31 Å². The van der Waals surface area contributed by atoms with Gasteiger partial charge in [0.2, 0.25) is 15.9 Å². The first kappa shape index (κ1) is 21.6. The van der Waals surface area contributed by atoms with E-state index in [1.54, 1.807) is 37.4 Å². The predicted octanol–water partition coefficient (Wildman–Crippen LogP) is 2.44. The molecule has 1 amide bonds. The molecular formula is C23H29N3O4S. The van der Waals surface area contributed by atoms with Crippen molar-refractivity contribution in [3.8, 4) is 5.75 Å². The minimum absolute atomic E-state index is 0.0716. The molecule has 2 aromatic carbocycles. The molecule has 4 rings (SSSR count). The van der Waals surface area contributed by atoms with Crippen LogP contribution < -0.4 is 9.64 Å². The van der Waals surface area contributed by atoms with Crippen molar-refractivity contribution in [2.45, 2.75) is 17.7 Å². The summed E-state index contributed by atoms with van der Waals surface area (Å²) in [4.78, 5) is 17.6. The summed E-state index contributed by atoms with van der Waals surface area (Å²) in [6, 6.07) is 16.4. The van der Waals surface area contributed by atoms with E-state index in [9.17, 15) is 13.2 Å². The smallest absolute Gasteiger partial charge is 0.243 e. The van der Waals surface area contributed by atoms with E-state index >= 15 is 0 Å². The van der Waals surface area contributed by atoms with Crippen molar-refractivity contribution in [1.29, 1.82) is 0 Å². The Hall–Kier alpha value is -2.58. The molecule has 0 aromatic heterocycles. The van der Waals surface area contributed by atoms with Gasteiger partial charge in [0, 0.05) is 45.0 Å². The molecule has 0 aliphatic carbocycles. The normalized spacial score (nSPS) is 20.5. The molecule has 8 heteroatoms. The van der Waals surface area contributed by atoms with Gasteiger partial charge in [-0.25, -0.2) is 8.42 Å². The second-order valence-electron chi connectivity index (χ2n) is 8.03. The predicted molar refractivity (Wildman–Crippen MR) is 120 cm³/mol. The van der Waals surface area contributed by atoms with Crippen LogP contribution in [0.1, 0.15) is 12.8 Å². The second kappa shape index (κ2) is 9.28. The number of rotatable bonds is 5. The van der Waals surface area contributed by atoms with Crippen LogP contribution in [0.4, 0.5) is 5.69 Å². The van der Waals surface area contributed by atoms with Gasteiger partial charge in [-0.05, 0) is 49.2 Å². The van der Waals surface area contributed by atoms with Crippen molar-refractivity contribution in [1.82, 2.24) is 9.21 Å². The average Bonchev–Trinajstić information content (AvgIpc) is 2.84. The average molecular weight is 444 g/mol. The molecule has 0 spiro atoms. The Morgan fingerprint density at radius 3 is 2.26 bits per heavy atom. The monoisotopic (exact) mass is 443 g/mol. The number of ether oxygens (including phenoxy) is 1. The largest absolute Gasteiger partial charge is 0.497 e. The Morgan fingerprint density at radius 2 is 1.61 bits per heavy atom. The van der Waals surface area contributed by atoms with E-state index in [1.165, 1.54) is 4.31 Å². The number of carbonyl (C=O) groups is 1. The maximum Gasteiger partial charge on any atom is 0.243 e. The number of sulfonamides is 1. The third-order valence-electron chi connectivity index (χ3n) is 6.14. The maximum atomic E-state index is 13.2. The third kappa shape index (κ3) is 4.70. The van der Waals surface area contributed by atoms with Gasteiger partial charge in [0.25, 0.3) is 0 Å². The number of hydrogen-bond donors (Lipinski definition) is 0. The van der Waals surface area contributed by atoms with Gasteiger partial charge in [0.05, 0.1) is 17.9 Å². The molecule has 2 aliphatic heterocycles. The van der Waals surface area contributed by atoms with Gasteiger partial charge >= 0.3 is 0 Å². The molecular weight excluding hydrogens is 414 g/mol. The Bertz CT molecular complexity index is 987. The Labute approximate surface area is 184 Å². The lowest BCUT2D eigenvalue weighted by Gasteiger charge is -2.39. The molecule has 2 aromatic rings. The van der Waals surface area contributed by atoms with Crippen molar-refractivity contribution < 1.29 is 17.9 Å². The first-order valence-corrected chi connectivity index (χ1v) is 12.2. The summed E-state index contributed by atoms with van der Waals surface area (Å²) in [5.41, 5.74) is 1.12. The first-order chi connectivity index (χ1) is 15.0. The number of amides is 1. The van der Waals surface area contributed by atoms with Crippen LogP contribution >= 0.6 is 0 Å². The van der Waals surface area contributed by atoms with Crippen LogP contribution in [0, 0.1) is 5.92 Å². The number of nitrogens with zero attached hydrogens (tertiary/aromatic N) is 3. The van der Waals surface area contributed by atoms with Gasteiger partial charge in [0.1, 0.15) is 5.75 Å². The van der Waals surface area contributed by atoms with E-state index in [0.717, 1.165) is 30.9 Å². The number of anilines is 1. The minimum atomic E-state index is -3.57. The van der Waals surface area contributed by atoms with Crippen LogP contribution in [0.25, 0.3) is 0 Å². The molecule has 7 nitrogen and oxygen atoms in total. The summed E-state index contributed by atoms with van der Waals surface area (Å²) >= 11 is 0. The summed E-state index contributed by atoms with van der Waals surface area (Å²) < 4.78 is 32.6. The topological polar surface area (TPSA) is 70.2 Å². The highest BCUT2D eigenvalue weighted by atomic mass is 32.2. The highest BCUT2D eigenvalue weighted by Crippen LogP contribution is 2.26. The molecule has 31 heavy (non-hydrogen) atoms. The summed E-state index contributed by atoms with van der Waals surface area (Å²) in [6.45, 7) is 3.54. The fourth-order valence-electron chi connectivity index (χ4n) is 4.34. The van der Waals surface area contributed by atoms with Crippen LogP contribution in [0.15, 0.2) is 59.5 Å². The van der Waals surface area contributed by atoms with Crippen LogP contribution in [0.3, 0.4) is 0 Å². The van der Waals surface area contributed by atoms with E-state index < -0.39 is 10.0 Å². The van der Waals surface area contributed by atoms with Gasteiger partial charge in [-0.15, -0.1) is 0 Å². The van der Waals surface area contributed by atoms with Gasteiger partial charge in [-0.3, -0.25) is 4.79 Å². The summed E-state index contributed by atoms with van der Waals surface area (Å²) in [6.07, 6.45) is 1.44. The molecule has 2 aliphatic rings. The summed E-state index contributed by atoms with van der Waals surface area (Å²) in [7, 11) is -1.92. The zero-order valence-electron chi connectivity index (χ0n) is 17.8. The SMILES string of the molecule is COc1ccc(N2CCN(C(=O)C3CCCN(S(=O)(=O)c4ccccc4)C3)CC2)cc1. The van der Waals surface area contributed by atoms with E-state index in [1.807, 2.05) is 29.2 Å². The van der Waals surface area contributed by atoms with Crippen molar-refractivity contribution in [2.75, 3.05) is 51.3 Å². The Morgan fingerprint density at radius 1 is 0.935 bits per heavy atom. The van der Waals surface area contributed by atoms with Crippen molar-refractivity contribution in [3.05, 3.63) is 54.6 Å². The van der Waals surface area contributed by atoms with Crippen LogP contribution in [0.2, 0.25) is 0 Å². The fraction of sp³-hybridized carbons (Fsp3) is 0.435. The van der Waals surface area contributed by atoms with Gasteiger partial charge in [-0.1, -0.05) is 18.2 Å². The summed E-state index contributed by atoms with van der Waals surface area (Å²) in [5, 5.41) is 0. The standard InChI is InChI=1S/C23H29N3O4S/c1-30-21-11-9-20(10-12-21)24-14-16-25(17-15-24)23(27)19-6-5-13-26(18-19)31(28,29)22-7-3-2-4-8-22/h2-4,7-12,19H,5-6,13-18H2,1H3. The van der Waals surface area contributed by atoms with Crippen molar-refractivity contribution >= 4 is 21.6 Å². The van der Waals surface area contributed by atoms with Gasteiger partial charge < -0.3 is 14.5 Å². The molecule has 2 heterocycles. The molecule has 0 radical (unpaired) electrons. The quantitative estimate of drug-likeness (QED) is 0.710. The molecule has 1 atom stereocenters. The minimum Gasteiger partial charge on any atom is -0.497 e. The maximum absolute atomic E-state index is 13.2. The first-order valence-electron chi connectivity index (χ1n) is 10.7. The molecule has 2 saturated heterocycles. The van der Waals surface area contributed by atoms with Crippen LogP contribution in [-0.4, -0.2) is 69.9 Å². The number of piperazine rings is 1. The number of piperidine rings is 1. The number of hydrogen-bond acceptors (Lipinski definition) is 5. The van der Waals surface area contributed by atoms with E-state index in [0.29, 0.717) is 26.1 Å². The second-order valence-corrected chi connectivity index (χ2v) is 9.96. The van der Waals surface area contributed by atoms with E-state index in [-0.39, 0.29) is 23.3 Å². The van der Waals surface area contributed by atoms with E-state index in [2.05, 4.69) is 4.90 Å². The number of carbonyl (C=O) groups excluding carboxylic acids is 1. The molecule has 0 N–H and O–H groups in total. The van der Waals surface area contributed by atoms with Crippen LogP contribution in [-0.2, 0) is 14.8 Å². The number of methoxy groups -OCH3 is 1. The Kier molecular flexibility index (Phi) is 6.48. The van der Waals surface area contributed by atoms with Crippen LogP contribution in [0.5, 0.6) is 5.75 Å². The zero-order valence-corrected chi connectivity index (χ0v) is 18.6.